The average Bonchev–Trinajstić information content (AvgIpc) is 2.84. The zero-order valence-corrected chi connectivity index (χ0v) is 11.0. The summed E-state index contributed by atoms with van der Waals surface area (Å²) in [6, 6.07) is 13.4. The zero-order chi connectivity index (χ0) is 13.4. The summed E-state index contributed by atoms with van der Waals surface area (Å²) in [5.74, 6) is -1.43. The maximum Gasteiger partial charge on any atom is 0.379 e. The molecule has 0 aliphatic rings. The third-order valence-corrected chi connectivity index (χ3v) is 4.24. The summed E-state index contributed by atoms with van der Waals surface area (Å²) < 4.78 is 6.44. The van der Waals surface area contributed by atoms with Crippen LogP contribution in [0.15, 0.2) is 42.5 Å². The van der Waals surface area contributed by atoms with Gasteiger partial charge in [-0.25, -0.2) is 4.79 Å². The van der Waals surface area contributed by atoms with Crippen LogP contribution < -0.4 is 0 Å². The van der Waals surface area contributed by atoms with E-state index in [1.165, 1.54) is 18.4 Å². The van der Waals surface area contributed by atoms with Crippen molar-refractivity contribution in [1.29, 1.82) is 0 Å². The fourth-order valence-electron chi connectivity index (χ4n) is 2.13. The van der Waals surface area contributed by atoms with Gasteiger partial charge in [0.05, 0.1) is 7.11 Å². The normalized spacial score (nSPS) is 10.8. The van der Waals surface area contributed by atoms with Gasteiger partial charge in [0.15, 0.2) is 0 Å². The number of esters is 1. The molecule has 1 aromatic heterocycles. The number of hydrogen-bond donors (Lipinski definition) is 0. The number of hydrogen-bond acceptors (Lipinski definition) is 4. The van der Waals surface area contributed by atoms with Gasteiger partial charge in [-0.2, -0.15) is 0 Å². The Balaban J connectivity index is 2.32. The Morgan fingerprint density at radius 1 is 1.00 bits per heavy atom. The Bertz CT molecular complexity index is 801. The molecule has 3 aromatic rings. The quantitative estimate of drug-likeness (QED) is 0.407. The first-order valence-corrected chi connectivity index (χ1v) is 6.57. The first-order chi connectivity index (χ1) is 9.22. The number of benzene rings is 2. The molecule has 3 rings (SSSR count). The second-order valence-electron chi connectivity index (χ2n) is 4.10. The topological polar surface area (TPSA) is 43.4 Å². The molecule has 0 amide bonds. The van der Waals surface area contributed by atoms with Gasteiger partial charge in [-0.15, -0.1) is 11.3 Å². The predicted molar refractivity (Wildman–Crippen MR) is 75.7 cm³/mol. The molecule has 0 saturated carbocycles. The van der Waals surface area contributed by atoms with Crippen LogP contribution in [0.25, 0.3) is 20.2 Å². The lowest BCUT2D eigenvalue weighted by molar-refractivity contribution is -0.135. The summed E-state index contributed by atoms with van der Waals surface area (Å²) >= 11 is 1.52. The van der Waals surface area contributed by atoms with Crippen molar-refractivity contribution in [1.82, 2.24) is 0 Å². The second kappa shape index (κ2) is 4.48. The molecule has 0 bridgehead atoms. The number of Topliss-reactive ketones (excluding diaryl/α,β-unsaturated/α-hetero) is 1. The third-order valence-electron chi connectivity index (χ3n) is 3.02. The molecule has 1 heterocycles. The minimum Gasteiger partial charge on any atom is -0.463 e. The lowest BCUT2D eigenvalue weighted by Gasteiger charge is -2.00. The number of carbonyl (C=O) groups excluding carboxylic acids is 2. The van der Waals surface area contributed by atoms with Crippen LogP contribution in [-0.4, -0.2) is 18.9 Å². The van der Waals surface area contributed by atoms with Crippen LogP contribution >= 0.6 is 11.3 Å². The van der Waals surface area contributed by atoms with E-state index in [-0.39, 0.29) is 0 Å². The van der Waals surface area contributed by atoms with Crippen molar-refractivity contribution in [2.45, 2.75) is 0 Å². The highest BCUT2D eigenvalue weighted by atomic mass is 32.1. The van der Waals surface area contributed by atoms with Gasteiger partial charge in [0.25, 0.3) is 5.78 Å². The molecule has 19 heavy (non-hydrogen) atoms. The molecule has 0 aliphatic carbocycles. The molecule has 0 N–H and O–H groups in total. The van der Waals surface area contributed by atoms with Crippen molar-refractivity contribution < 1.29 is 14.3 Å². The monoisotopic (exact) mass is 270 g/mol. The van der Waals surface area contributed by atoms with Gasteiger partial charge in [-0.3, -0.25) is 4.79 Å². The minimum absolute atomic E-state index is 0.408. The highest BCUT2D eigenvalue weighted by Gasteiger charge is 2.20. The van der Waals surface area contributed by atoms with Crippen LogP contribution in [-0.2, 0) is 9.53 Å². The van der Waals surface area contributed by atoms with E-state index in [1.807, 2.05) is 30.3 Å². The molecule has 0 aliphatic heterocycles. The van der Waals surface area contributed by atoms with E-state index in [9.17, 15) is 9.59 Å². The van der Waals surface area contributed by atoms with Crippen molar-refractivity contribution in [3.63, 3.8) is 0 Å². The maximum absolute atomic E-state index is 12.0. The van der Waals surface area contributed by atoms with Crippen molar-refractivity contribution in [2.24, 2.45) is 0 Å². The molecular formula is C15H10O3S. The zero-order valence-electron chi connectivity index (χ0n) is 10.2. The molecule has 0 unspecified atom stereocenters. The molecular weight excluding hydrogens is 260 g/mol. The minimum atomic E-state index is -0.829. The van der Waals surface area contributed by atoms with Gasteiger partial charge in [0.1, 0.15) is 0 Å². The summed E-state index contributed by atoms with van der Waals surface area (Å²) in [5, 5.41) is 2.09. The van der Waals surface area contributed by atoms with Crippen molar-refractivity contribution in [3.05, 3.63) is 48.0 Å². The summed E-state index contributed by atoms with van der Waals surface area (Å²) in [4.78, 5) is 23.4. The number of ketones is 1. The van der Waals surface area contributed by atoms with Crippen LogP contribution in [0, 0.1) is 0 Å². The molecule has 0 atom stereocenters. The number of fused-ring (bicyclic) bond motifs is 3. The van der Waals surface area contributed by atoms with Crippen LogP contribution in [0.5, 0.6) is 0 Å². The number of carbonyl (C=O) groups is 2. The average molecular weight is 270 g/mol. The van der Waals surface area contributed by atoms with E-state index in [0.717, 1.165) is 20.2 Å². The van der Waals surface area contributed by atoms with E-state index >= 15 is 0 Å². The number of thiophene rings is 1. The second-order valence-corrected chi connectivity index (χ2v) is 5.15. The number of rotatable bonds is 2. The maximum atomic E-state index is 12.0. The summed E-state index contributed by atoms with van der Waals surface area (Å²) in [6.07, 6.45) is 0. The Morgan fingerprint density at radius 2 is 1.74 bits per heavy atom. The molecule has 0 spiro atoms. The molecule has 0 saturated heterocycles. The number of ether oxygens (including phenoxy) is 1. The molecule has 2 aromatic carbocycles. The van der Waals surface area contributed by atoms with Gasteiger partial charge in [0.2, 0.25) is 0 Å². The van der Waals surface area contributed by atoms with E-state index in [2.05, 4.69) is 4.74 Å². The molecule has 3 nitrogen and oxygen atoms in total. The highest BCUT2D eigenvalue weighted by Crippen LogP contribution is 2.35. The first kappa shape index (κ1) is 11.9. The Kier molecular flexibility index (Phi) is 2.80. The van der Waals surface area contributed by atoms with E-state index in [1.54, 1.807) is 12.1 Å². The summed E-state index contributed by atoms with van der Waals surface area (Å²) in [5.41, 5.74) is 0.408. The molecule has 4 heteroatoms. The SMILES string of the molecule is COC(=O)C(=O)c1cccc2c1sc1ccccc12. The van der Waals surface area contributed by atoms with Gasteiger partial charge in [0, 0.05) is 25.7 Å². The van der Waals surface area contributed by atoms with Crippen LogP contribution in [0.1, 0.15) is 10.4 Å². The Labute approximate surface area is 113 Å². The molecule has 0 fully saturated rings. The van der Waals surface area contributed by atoms with Gasteiger partial charge in [-0.1, -0.05) is 30.3 Å². The van der Waals surface area contributed by atoms with E-state index in [0.29, 0.717) is 5.56 Å². The molecule has 94 valence electrons. The lowest BCUT2D eigenvalue weighted by Crippen LogP contribution is -2.15. The number of methoxy groups -OCH3 is 1. The summed E-state index contributed by atoms with van der Waals surface area (Å²) in [6.45, 7) is 0. The van der Waals surface area contributed by atoms with Gasteiger partial charge < -0.3 is 4.74 Å². The smallest absolute Gasteiger partial charge is 0.379 e. The van der Waals surface area contributed by atoms with Crippen LogP contribution in [0.3, 0.4) is 0 Å². The third kappa shape index (κ3) is 1.81. The van der Waals surface area contributed by atoms with Gasteiger partial charge in [-0.05, 0) is 12.1 Å². The fourth-order valence-corrected chi connectivity index (χ4v) is 3.34. The highest BCUT2D eigenvalue weighted by molar-refractivity contribution is 7.26. The predicted octanol–water partition coefficient (Wildman–Crippen LogP) is 3.41. The van der Waals surface area contributed by atoms with E-state index in [4.69, 9.17) is 0 Å². The fraction of sp³-hybridized carbons (Fsp3) is 0.0667. The summed E-state index contributed by atoms with van der Waals surface area (Å²) in [7, 11) is 1.21. The van der Waals surface area contributed by atoms with Crippen molar-refractivity contribution >= 4 is 43.3 Å². The standard InChI is InChI=1S/C15H10O3S/c1-18-15(17)13(16)11-7-4-6-10-9-5-2-3-8-12(9)19-14(10)11/h2-8H,1H3. The first-order valence-electron chi connectivity index (χ1n) is 5.75. The Morgan fingerprint density at radius 3 is 2.53 bits per heavy atom. The van der Waals surface area contributed by atoms with Crippen molar-refractivity contribution in [2.75, 3.05) is 7.11 Å². The molecule has 0 radical (unpaired) electrons. The lowest BCUT2D eigenvalue weighted by atomic mass is 10.1. The van der Waals surface area contributed by atoms with E-state index < -0.39 is 11.8 Å². The van der Waals surface area contributed by atoms with Crippen LogP contribution in [0.2, 0.25) is 0 Å². The largest absolute Gasteiger partial charge is 0.463 e. The van der Waals surface area contributed by atoms with Gasteiger partial charge >= 0.3 is 5.97 Å². The van der Waals surface area contributed by atoms with Crippen molar-refractivity contribution in [3.8, 4) is 0 Å². The Hall–Kier alpha value is -2.20. The van der Waals surface area contributed by atoms with Crippen LogP contribution in [0.4, 0.5) is 0 Å².